The molecule has 1 fully saturated rings. The van der Waals surface area contributed by atoms with Crippen molar-refractivity contribution in [1.29, 1.82) is 0 Å². The number of carbonyl (C=O) groups excluding carboxylic acids is 2. The van der Waals surface area contributed by atoms with Gasteiger partial charge in [0.1, 0.15) is 11.5 Å². The first kappa shape index (κ1) is 18.6. The van der Waals surface area contributed by atoms with Crippen LogP contribution in [0.1, 0.15) is 6.42 Å². The number of hydrogen-bond donors (Lipinski definition) is 2. The van der Waals surface area contributed by atoms with Crippen LogP contribution in [-0.2, 0) is 4.79 Å². The monoisotopic (exact) mass is 369 g/mol. The number of carbonyl (C=O) groups is 2. The molecular formula is C20H23N3O4. The van der Waals surface area contributed by atoms with Gasteiger partial charge in [-0.1, -0.05) is 18.2 Å². The van der Waals surface area contributed by atoms with Crippen LogP contribution in [0, 0.1) is 5.92 Å². The van der Waals surface area contributed by atoms with Crippen LogP contribution in [0.5, 0.6) is 11.5 Å². The maximum atomic E-state index is 12.2. The van der Waals surface area contributed by atoms with Crippen LogP contribution >= 0.6 is 0 Å². The third kappa shape index (κ3) is 4.69. The zero-order valence-electron chi connectivity index (χ0n) is 15.4. The van der Waals surface area contributed by atoms with E-state index in [0.29, 0.717) is 36.7 Å². The average Bonchev–Trinajstić information content (AvgIpc) is 3.07. The Bertz CT molecular complexity index is 788. The zero-order valence-corrected chi connectivity index (χ0v) is 15.4. The first-order valence-corrected chi connectivity index (χ1v) is 8.72. The molecule has 0 radical (unpaired) electrons. The highest BCUT2D eigenvalue weighted by molar-refractivity contribution is 5.96. The number of methoxy groups -OCH3 is 2. The Labute approximate surface area is 158 Å². The molecule has 27 heavy (non-hydrogen) atoms. The van der Waals surface area contributed by atoms with E-state index in [1.807, 2.05) is 30.3 Å². The fourth-order valence-electron chi connectivity index (χ4n) is 3.07. The second-order valence-electron chi connectivity index (χ2n) is 6.35. The number of para-hydroxylation sites is 1. The third-order valence-electron chi connectivity index (χ3n) is 4.43. The Kier molecular flexibility index (Phi) is 5.80. The molecule has 0 aliphatic carbocycles. The Hall–Kier alpha value is -3.22. The highest BCUT2D eigenvalue weighted by Crippen LogP contribution is 2.26. The number of hydrogen-bond acceptors (Lipinski definition) is 4. The van der Waals surface area contributed by atoms with Gasteiger partial charge in [-0.15, -0.1) is 0 Å². The van der Waals surface area contributed by atoms with Gasteiger partial charge in [0.2, 0.25) is 5.91 Å². The lowest BCUT2D eigenvalue weighted by molar-refractivity contribution is -0.117. The quantitative estimate of drug-likeness (QED) is 0.821. The summed E-state index contributed by atoms with van der Waals surface area (Å²) in [6.45, 7) is 1.01. The molecule has 0 aromatic heterocycles. The number of nitrogens with zero attached hydrogens (tertiary/aromatic N) is 1. The fraction of sp³-hybridized carbons (Fsp3) is 0.300. The lowest BCUT2D eigenvalue weighted by atomic mass is 10.1. The van der Waals surface area contributed by atoms with Crippen molar-refractivity contribution in [3.8, 4) is 11.5 Å². The van der Waals surface area contributed by atoms with E-state index < -0.39 is 0 Å². The summed E-state index contributed by atoms with van der Waals surface area (Å²) in [5, 5.41) is 5.59. The van der Waals surface area contributed by atoms with Crippen molar-refractivity contribution < 1.29 is 19.1 Å². The van der Waals surface area contributed by atoms with Crippen molar-refractivity contribution in [1.82, 2.24) is 5.32 Å². The van der Waals surface area contributed by atoms with Gasteiger partial charge in [0.15, 0.2) is 0 Å². The summed E-state index contributed by atoms with van der Waals surface area (Å²) in [4.78, 5) is 26.2. The third-order valence-corrected chi connectivity index (χ3v) is 4.43. The van der Waals surface area contributed by atoms with Gasteiger partial charge >= 0.3 is 6.03 Å². The minimum atomic E-state index is -0.337. The average molecular weight is 369 g/mol. The molecule has 2 N–H and O–H groups in total. The summed E-state index contributed by atoms with van der Waals surface area (Å²) in [6.07, 6.45) is 0.419. The minimum absolute atomic E-state index is 0.0725. The first-order chi connectivity index (χ1) is 13.1. The summed E-state index contributed by atoms with van der Waals surface area (Å²) >= 11 is 0. The normalized spacial score (nSPS) is 16.1. The molecule has 3 rings (SSSR count). The van der Waals surface area contributed by atoms with Gasteiger partial charge in [0, 0.05) is 55.0 Å². The van der Waals surface area contributed by atoms with Gasteiger partial charge in [-0.05, 0) is 12.1 Å². The summed E-state index contributed by atoms with van der Waals surface area (Å²) in [7, 11) is 3.10. The summed E-state index contributed by atoms with van der Waals surface area (Å²) in [5.74, 6) is 1.32. The maximum Gasteiger partial charge on any atom is 0.319 e. The van der Waals surface area contributed by atoms with E-state index in [0.717, 1.165) is 5.69 Å². The predicted molar refractivity (Wildman–Crippen MR) is 103 cm³/mol. The standard InChI is InChI=1S/C20H23N3O4/c1-26-17-9-15(10-18(11-17)27-2)22-20(25)21-12-14-8-19(24)23(13-14)16-6-4-3-5-7-16/h3-7,9-11,14H,8,12-13H2,1-2H3,(H2,21,22,25). The number of ether oxygens (including phenoxy) is 2. The van der Waals surface area contributed by atoms with Crippen molar-refractivity contribution >= 4 is 23.3 Å². The van der Waals surface area contributed by atoms with E-state index in [4.69, 9.17) is 9.47 Å². The highest BCUT2D eigenvalue weighted by atomic mass is 16.5. The van der Waals surface area contributed by atoms with E-state index in [-0.39, 0.29) is 17.9 Å². The molecule has 1 saturated heterocycles. The van der Waals surface area contributed by atoms with E-state index in [1.54, 1.807) is 37.3 Å². The van der Waals surface area contributed by atoms with E-state index in [9.17, 15) is 9.59 Å². The van der Waals surface area contributed by atoms with Gasteiger partial charge in [0.25, 0.3) is 0 Å². The van der Waals surface area contributed by atoms with Crippen LogP contribution in [0.15, 0.2) is 48.5 Å². The molecule has 1 heterocycles. The number of anilines is 2. The van der Waals surface area contributed by atoms with Crippen molar-refractivity contribution in [3.05, 3.63) is 48.5 Å². The van der Waals surface area contributed by atoms with E-state index in [1.165, 1.54) is 0 Å². The molecule has 1 aliphatic heterocycles. The summed E-state index contributed by atoms with van der Waals surface area (Å²) in [5.41, 5.74) is 1.45. The molecule has 3 amide bonds. The van der Waals surface area contributed by atoms with Crippen molar-refractivity contribution in [3.63, 3.8) is 0 Å². The first-order valence-electron chi connectivity index (χ1n) is 8.72. The number of amides is 3. The molecule has 7 heteroatoms. The van der Waals surface area contributed by atoms with Crippen molar-refractivity contribution in [2.45, 2.75) is 6.42 Å². The Balaban J connectivity index is 1.53. The Morgan fingerprint density at radius 2 is 1.78 bits per heavy atom. The Morgan fingerprint density at radius 3 is 2.41 bits per heavy atom. The second-order valence-corrected chi connectivity index (χ2v) is 6.35. The van der Waals surface area contributed by atoms with E-state index in [2.05, 4.69) is 10.6 Å². The van der Waals surface area contributed by atoms with Crippen LogP contribution in [0.4, 0.5) is 16.2 Å². The van der Waals surface area contributed by atoms with Crippen LogP contribution in [0.3, 0.4) is 0 Å². The molecular weight excluding hydrogens is 346 g/mol. The lowest BCUT2D eigenvalue weighted by Gasteiger charge is -2.17. The molecule has 2 aromatic carbocycles. The molecule has 142 valence electrons. The molecule has 1 atom stereocenters. The zero-order chi connectivity index (χ0) is 19.2. The second kappa shape index (κ2) is 8.44. The molecule has 1 unspecified atom stereocenters. The number of nitrogens with one attached hydrogen (secondary N) is 2. The lowest BCUT2D eigenvalue weighted by Crippen LogP contribution is -2.34. The van der Waals surface area contributed by atoms with Gasteiger partial charge in [-0.2, -0.15) is 0 Å². The molecule has 2 aromatic rings. The number of urea groups is 1. The largest absolute Gasteiger partial charge is 0.497 e. The Morgan fingerprint density at radius 1 is 1.11 bits per heavy atom. The number of rotatable bonds is 6. The van der Waals surface area contributed by atoms with Crippen molar-refractivity contribution in [2.24, 2.45) is 5.92 Å². The minimum Gasteiger partial charge on any atom is -0.497 e. The summed E-state index contributed by atoms with van der Waals surface area (Å²) < 4.78 is 10.4. The predicted octanol–water partition coefficient (Wildman–Crippen LogP) is 2.88. The smallest absolute Gasteiger partial charge is 0.319 e. The molecule has 0 spiro atoms. The van der Waals surface area contributed by atoms with Crippen LogP contribution in [0.2, 0.25) is 0 Å². The van der Waals surface area contributed by atoms with Gasteiger partial charge in [0.05, 0.1) is 14.2 Å². The van der Waals surface area contributed by atoms with Crippen molar-refractivity contribution in [2.75, 3.05) is 37.5 Å². The van der Waals surface area contributed by atoms with Gasteiger partial charge in [-0.25, -0.2) is 4.79 Å². The molecule has 7 nitrogen and oxygen atoms in total. The van der Waals surface area contributed by atoms with Crippen LogP contribution in [0.25, 0.3) is 0 Å². The molecule has 0 bridgehead atoms. The van der Waals surface area contributed by atoms with E-state index >= 15 is 0 Å². The maximum absolute atomic E-state index is 12.2. The highest BCUT2D eigenvalue weighted by Gasteiger charge is 2.30. The van der Waals surface area contributed by atoms with Gasteiger partial charge < -0.3 is 25.0 Å². The summed E-state index contributed by atoms with van der Waals surface area (Å²) in [6, 6.07) is 14.4. The number of benzene rings is 2. The van der Waals surface area contributed by atoms with Crippen LogP contribution < -0.4 is 25.0 Å². The fourth-order valence-corrected chi connectivity index (χ4v) is 3.07. The molecule has 1 aliphatic rings. The van der Waals surface area contributed by atoms with Gasteiger partial charge in [-0.3, -0.25) is 4.79 Å². The SMILES string of the molecule is COc1cc(NC(=O)NCC2CC(=O)N(c3ccccc3)C2)cc(OC)c1. The topological polar surface area (TPSA) is 79.9 Å². The van der Waals surface area contributed by atoms with Crippen LogP contribution in [-0.4, -0.2) is 39.2 Å². The molecule has 0 saturated carbocycles.